The van der Waals surface area contributed by atoms with Crippen LogP contribution in [0.3, 0.4) is 0 Å². The van der Waals surface area contributed by atoms with Crippen LogP contribution in [0.15, 0.2) is 143 Å². The van der Waals surface area contributed by atoms with Crippen molar-refractivity contribution in [1.29, 1.82) is 0 Å². The van der Waals surface area contributed by atoms with Gasteiger partial charge in [-0.15, -0.1) is 0 Å². The summed E-state index contributed by atoms with van der Waals surface area (Å²) in [5.41, 5.74) is 3.48. The first kappa shape index (κ1) is 45.0. The number of rotatable bonds is 15. The Labute approximate surface area is 384 Å². The van der Waals surface area contributed by atoms with Crippen LogP contribution in [0.1, 0.15) is 70.0 Å². The molecule has 1 amide bonds. The van der Waals surface area contributed by atoms with E-state index in [0.29, 0.717) is 54.9 Å². The second-order valence-corrected chi connectivity index (χ2v) is 19.8. The van der Waals surface area contributed by atoms with Crippen molar-refractivity contribution >= 4 is 32.8 Å². The molecule has 10 rings (SSSR count). The maximum atomic E-state index is 14.2. The van der Waals surface area contributed by atoms with Gasteiger partial charge in [0.1, 0.15) is 11.9 Å². The van der Waals surface area contributed by atoms with Crippen LogP contribution in [0.5, 0.6) is 5.75 Å². The Balaban J connectivity index is 0.842. The molecule has 4 saturated heterocycles. The van der Waals surface area contributed by atoms with Gasteiger partial charge in [0.25, 0.3) is 5.91 Å². The third-order valence-electron chi connectivity index (χ3n) is 13.7. The fourth-order valence-electron chi connectivity index (χ4n) is 9.84. The molecule has 14 heteroatoms. The zero-order valence-electron chi connectivity index (χ0n) is 36.7. The SMILES string of the molecule is O=C(c1ccc(CN(Cc2ccc(CNCC(O)c3ccc(O)c4[nH]c(=O)ccc34)cc2)S(=O)(=O)c2ccccc2)cc1)N1CCC(C(=O)OC2CN3CCC2CC3)(c2ccccc2)CC1. The zero-order valence-corrected chi connectivity index (χ0v) is 37.5. The number of carbonyl (C=O) groups is 2. The molecule has 0 radical (unpaired) electrons. The lowest BCUT2D eigenvalue weighted by Gasteiger charge is -2.46. The molecule has 2 unspecified atom stereocenters. The van der Waals surface area contributed by atoms with Crippen molar-refractivity contribution in [2.24, 2.45) is 5.92 Å². The van der Waals surface area contributed by atoms with Crippen LogP contribution >= 0.6 is 0 Å². The number of esters is 1. The zero-order chi connectivity index (χ0) is 45.8. The van der Waals surface area contributed by atoms with Crippen molar-refractivity contribution in [1.82, 2.24) is 24.4 Å². The van der Waals surface area contributed by atoms with Gasteiger partial charge in [-0.2, -0.15) is 4.31 Å². The van der Waals surface area contributed by atoms with Crippen LogP contribution in [-0.2, 0) is 44.6 Å². The number of aromatic hydroxyl groups is 1. The minimum atomic E-state index is -3.93. The number of aromatic nitrogens is 1. The molecule has 4 fully saturated rings. The van der Waals surface area contributed by atoms with Gasteiger partial charge < -0.3 is 30.2 Å². The number of aliphatic hydroxyl groups excluding tert-OH is 1. The molecule has 13 nitrogen and oxygen atoms in total. The molecule has 0 spiro atoms. The third-order valence-corrected chi connectivity index (χ3v) is 15.5. The first-order valence-electron chi connectivity index (χ1n) is 22.7. The number of nitrogens with one attached hydrogen (secondary N) is 2. The van der Waals surface area contributed by atoms with Crippen molar-refractivity contribution < 1.29 is 33.0 Å². The van der Waals surface area contributed by atoms with Crippen LogP contribution in [-0.4, -0.2) is 95.0 Å². The van der Waals surface area contributed by atoms with Crippen molar-refractivity contribution in [2.45, 2.75) is 67.8 Å². The monoisotopic (exact) mass is 909 g/mol. The molecule has 0 saturated carbocycles. The number of hydrogen-bond donors (Lipinski definition) is 4. The van der Waals surface area contributed by atoms with E-state index in [1.54, 1.807) is 71.6 Å². The van der Waals surface area contributed by atoms with E-state index < -0.39 is 21.5 Å². The lowest BCUT2D eigenvalue weighted by atomic mass is 9.72. The molecule has 5 heterocycles. The predicted octanol–water partition coefficient (Wildman–Crippen LogP) is 6.26. The summed E-state index contributed by atoms with van der Waals surface area (Å²) in [6.45, 7) is 4.50. The van der Waals surface area contributed by atoms with E-state index >= 15 is 0 Å². The fourth-order valence-corrected chi connectivity index (χ4v) is 11.3. The second-order valence-electron chi connectivity index (χ2n) is 17.9. The first-order valence-corrected chi connectivity index (χ1v) is 24.1. The smallest absolute Gasteiger partial charge is 0.317 e. The molecule has 4 aliphatic heterocycles. The van der Waals surface area contributed by atoms with Gasteiger partial charge in [-0.1, -0.05) is 91.0 Å². The number of phenolic OH excluding ortho intramolecular Hbond substituents is 1. The first-order chi connectivity index (χ1) is 32.0. The van der Waals surface area contributed by atoms with E-state index in [4.69, 9.17) is 4.74 Å². The normalized spacial score (nSPS) is 19.7. The molecule has 5 aromatic carbocycles. The lowest BCUT2D eigenvalue weighted by Crippen LogP contribution is -2.55. The number of phenols is 1. The standard InChI is InChI=1S/C52H55N5O8S/c58-45-21-19-43(44-20-22-48(60)54-49(44)45)46(59)32-53-31-36-11-13-37(14-12-36)33-57(66(63,64)42-9-5-2-6-10-42)34-38-15-17-40(18-16-38)50(61)56-29-25-52(26-30-56,41-7-3-1-4-8-41)51(62)65-47-35-55-27-23-39(47)24-28-55/h1-22,39,46-47,53,58-59H,23-35H2,(H,54,60). The minimum absolute atomic E-state index is 0.0672. The van der Waals surface area contributed by atoms with E-state index in [1.807, 2.05) is 54.6 Å². The van der Waals surface area contributed by atoms with Gasteiger partial charge in [0.2, 0.25) is 15.6 Å². The Morgan fingerprint density at radius 3 is 2.05 bits per heavy atom. The number of nitrogens with zero attached hydrogens (tertiary/aromatic N) is 3. The number of aliphatic hydroxyl groups is 1. The number of fused-ring (bicyclic) bond motifs is 4. The Morgan fingerprint density at radius 1 is 0.788 bits per heavy atom. The highest BCUT2D eigenvalue weighted by molar-refractivity contribution is 7.89. The molecular formula is C52H55N5O8S. The molecule has 66 heavy (non-hydrogen) atoms. The summed E-state index contributed by atoms with van der Waals surface area (Å²) in [7, 11) is -3.93. The Kier molecular flexibility index (Phi) is 13.2. The minimum Gasteiger partial charge on any atom is -0.506 e. The van der Waals surface area contributed by atoms with E-state index in [1.165, 1.54) is 16.4 Å². The van der Waals surface area contributed by atoms with Crippen LogP contribution < -0.4 is 10.9 Å². The number of sulfonamides is 1. The van der Waals surface area contributed by atoms with Gasteiger partial charge in [0, 0.05) is 62.8 Å². The lowest BCUT2D eigenvalue weighted by molar-refractivity contribution is -0.167. The summed E-state index contributed by atoms with van der Waals surface area (Å²) in [4.78, 5) is 46.9. The number of pyridine rings is 1. The van der Waals surface area contributed by atoms with Gasteiger partial charge in [0.05, 0.1) is 21.9 Å². The fraction of sp³-hybridized carbons (Fsp3) is 0.327. The molecule has 2 bridgehead atoms. The topological polar surface area (TPSA) is 173 Å². The summed E-state index contributed by atoms with van der Waals surface area (Å²) >= 11 is 0. The highest BCUT2D eigenvalue weighted by Crippen LogP contribution is 2.40. The number of carbonyl (C=O) groups excluding carboxylic acids is 2. The van der Waals surface area contributed by atoms with Crippen molar-refractivity contribution in [3.63, 3.8) is 0 Å². The molecule has 2 atom stereocenters. The van der Waals surface area contributed by atoms with Gasteiger partial charge in [-0.05, 0) is 109 Å². The molecule has 4 N–H and O–H groups in total. The van der Waals surface area contributed by atoms with Crippen LogP contribution in [0, 0.1) is 5.92 Å². The number of aromatic amines is 1. The molecule has 4 aliphatic rings. The molecule has 0 aliphatic carbocycles. The Morgan fingerprint density at radius 2 is 1.41 bits per heavy atom. The van der Waals surface area contributed by atoms with Gasteiger partial charge in [-0.3, -0.25) is 19.3 Å². The van der Waals surface area contributed by atoms with Crippen LogP contribution in [0.2, 0.25) is 0 Å². The average molecular weight is 910 g/mol. The number of hydrogen-bond acceptors (Lipinski definition) is 10. The van der Waals surface area contributed by atoms with E-state index in [0.717, 1.165) is 54.7 Å². The van der Waals surface area contributed by atoms with E-state index in [-0.39, 0.29) is 59.3 Å². The quantitative estimate of drug-likeness (QED) is 0.0863. The third kappa shape index (κ3) is 9.56. The maximum absolute atomic E-state index is 14.2. The predicted molar refractivity (Wildman–Crippen MR) is 251 cm³/mol. The number of likely N-dealkylation sites (tertiary alicyclic amines) is 1. The Hall–Kier alpha value is -6.16. The average Bonchev–Trinajstić information content (AvgIpc) is 3.35. The Bertz CT molecular complexity index is 2830. The summed E-state index contributed by atoms with van der Waals surface area (Å²) < 4.78 is 36.1. The van der Waals surface area contributed by atoms with Crippen molar-refractivity contribution in [3.8, 4) is 5.75 Å². The largest absolute Gasteiger partial charge is 0.506 e. The number of benzene rings is 5. The maximum Gasteiger partial charge on any atom is 0.317 e. The molecule has 1 aromatic heterocycles. The number of piperidine rings is 4. The summed E-state index contributed by atoms with van der Waals surface area (Å²) in [6, 6.07) is 38.8. The molecule has 6 aromatic rings. The molecule has 342 valence electrons. The van der Waals surface area contributed by atoms with Crippen molar-refractivity contribution in [2.75, 3.05) is 39.3 Å². The van der Waals surface area contributed by atoms with Crippen molar-refractivity contribution in [3.05, 3.63) is 177 Å². The van der Waals surface area contributed by atoms with E-state index in [2.05, 4.69) is 15.2 Å². The van der Waals surface area contributed by atoms with Gasteiger partial charge in [0.15, 0.2) is 0 Å². The summed E-state index contributed by atoms with van der Waals surface area (Å²) in [5, 5.41) is 25.0. The molecular weight excluding hydrogens is 855 g/mol. The summed E-state index contributed by atoms with van der Waals surface area (Å²) in [5.74, 6) is -0.0127. The summed E-state index contributed by atoms with van der Waals surface area (Å²) in [6.07, 6.45) is 2.00. The highest BCUT2D eigenvalue weighted by atomic mass is 32.2. The van der Waals surface area contributed by atoms with Gasteiger partial charge in [-0.25, -0.2) is 8.42 Å². The second kappa shape index (κ2) is 19.4. The van der Waals surface area contributed by atoms with Crippen LogP contribution in [0.25, 0.3) is 10.9 Å². The van der Waals surface area contributed by atoms with E-state index in [9.17, 15) is 33.0 Å². The van der Waals surface area contributed by atoms with Crippen LogP contribution in [0.4, 0.5) is 0 Å². The highest BCUT2D eigenvalue weighted by Gasteiger charge is 2.47. The number of H-pyrrole nitrogens is 1. The van der Waals surface area contributed by atoms with Gasteiger partial charge >= 0.3 is 5.97 Å². The number of amides is 1. The number of ether oxygens (including phenoxy) is 1.